The summed E-state index contributed by atoms with van der Waals surface area (Å²) in [6.07, 6.45) is 1.71. The number of esters is 1. The quantitative estimate of drug-likeness (QED) is 0.423. The molecule has 4 rings (SSSR count). The van der Waals surface area contributed by atoms with Gasteiger partial charge >= 0.3 is 5.97 Å². The van der Waals surface area contributed by atoms with Crippen molar-refractivity contribution in [2.24, 2.45) is 0 Å². The first-order chi connectivity index (χ1) is 13.7. The first-order valence-electron chi connectivity index (χ1n) is 8.91. The van der Waals surface area contributed by atoms with Crippen LogP contribution in [0.4, 0.5) is 0 Å². The van der Waals surface area contributed by atoms with E-state index in [1.165, 1.54) is 11.3 Å². The number of thiazole rings is 1. The fourth-order valence-electron chi connectivity index (χ4n) is 2.82. The second-order valence-corrected chi connectivity index (χ2v) is 7.29. The molecule has 0 aliphatic heterocycles. The summed E-state index contributed by atoms with van der Waals surface area (Å²) < 4.78 is 5.50. The van der Waals surface area contributed by atoms with Crippen LogP contribution in [0.1, 0.15) is 20.9 Å². The average molecular weight is 386 g/mol. The van der Waals surface area contributed by atoms with Crippen molar-refractivity contribution in [2.45, 2.75) is 13.5 Å². The molecule has 0 saturated heterocycles. The number of aromatic nitrogens is 2. The van der Waals surface area contributed by atoms with Crippen molar-refractivity contribution in [3.05, 3.63) is 95.1 Å². The Morgan fingerprint density at radius 3 is 2.36 bits per heavy atom. The van der Waals surface area contributed by atoms with E-state index in [1.54, 1.807) is 6.20 Å². The molecule has 0 atom stereocenters. The van der Waals surface area contributed by atoms with E-state index in [1.807, 2.05) is 67.6 Å². The van der Waals surface area contributed by atoms with E-state index in [0.717, 1.165) is 27.4 Å². The number of carbonyl (C=O) groups excluding carboxylic acids is 1. The molecule has 0 aliphatic carbocycles. The molecule has 0 spiro atoms. The number of hydrogen-bond donors (Lipinski definition) is 0. The van der Waals surface area contributed by atoms with Crippen molar-refractivity contribution in [3.8, 4) is 21.8 Å². The van der Waals surface area contributed by atoms with Gasteiger partial charge in [0.05, 0.1) is 11.4 Å². The van der Waals surface area contributed by atoms with E-state index in [2.05, 4.69) is 22.1 Å². The molecular formula is C23H18N2O2S. The molecule has 0 amide bonds. The van der Waals surface area contributed by atoms with E-state index in [9.17, 15) is 4.79 Å². The van der Waals surface area contributed by atoms with Gasteiger partial charge in [-0.3, -0.25) is 4.98 Å². The van der Waals surface area contributed by atoms with Gasteiger partial charge in [0.1, 0.15) is 16.5 Å². The molecule has 4 nitrogen and oxygen atoms in total. The molecule has 28 heavy (non-hydrogen) atoms. The molecule has 138 valence electrons. The Bertz CT molecular complexity index is 1070. The summed E-state index contributed by atoms with van der Waals surface area (Å²) in [5.74, 6) is -0.357. The first kappa shape index (κ1) is 18.1. The van der Waals surface area contributed by atoms with Crippen LogP contribution in [-0.4, -0.2) is 15.9 Å². The van der Waals surface area contributed by atoms with Crippen LogP contribution in [0.15, 0.2) is 79.0 Å². The number of ether oxygens (including phenoxy) is 1. The second-order valence-electron chi connectivity index (χ2n) is 6.29. The molecule has 2 aromatic carbocycles. The molecular weight excluding hydrogens is 368 g/mol. The highest BCUT2D eigenvalue weighted by molar-refractivity contribution is 7.17. The van der Waals surface area contributed by atoms with Crippen molar-refractivity contribution in [1.29, 1.82) is 0 Å². The Balaban J connectivity index is 1.43. The minimum atomic E-state index is -0.357. The number of pyridine rings is 1. The van der Waals surface area contributed by atoms with Gasteiger partial charge in [0.15, 0.2) is 0 Å². The Hall–Kier alpha value is -3.31. The third-order valence-electron chi connectivity index (χ3n) is 4.30. The van der Waals surface area contributed by atoms with Crippen LogP contribution in [0.5, 0.6) is 0 Å². The minimum Gasteiger partial charge on any atom is -0.457 e. The third kappa shape index (κ3) is 4.00. The Morgan fingerprint density at radius 2 is 1.64 bits per heavy atom. The molecule has 2 aromatic heterocycles. The van der Waals surface area contributed by atoms with Gasteiger partial charge in [-0.25, -0.2) is 9.78 Å². The van der Waals surface area contributed by atoms with Crippen molar-refractivity contribution in [1.82, 2.24) is 9.97 Å². The van der Waals surface area contributed by atoms with Crippen LogP contribution < -0.4 is 0 Å². The molecule has 2 heterocycles. The summed E-state index contributed by atoms with van der Waals surface area (Å²) >= 11 is 1.31. The predicted octanol–water partition coefficient (Wildman–Crippen LogP) is 5.54. The molecule has 0 N–H and O–H groups in total. The topological polar surface area (TPSA) is 52.1 Å². The Morgan fingerprint density at radius 1 is 0.929 bits per heavy atom. The van der Waals surface area contributed by atoms with Crippen LogP contribution in [0.2, 0.25) is 0 Å². The number of benzene rings is 2. The SMILES string of the molecule is Cc1nc(-c2ccccn2)sc1C(=O)OCc1ccc(-c2ccccc2)cc1. The van der Waals surface area contributed by atoms with Gasteiger partial charge in [-0.1, -0.05) is 60.7 Å². The van der Waals surface area contributed by atoms with Gasteiger partial charge in [-0.2, -0.15) is 0 Å². The fourth-order valence-corrected chi connectivity index (χ4v) is 3.76. The van der Waals surface area contributed by atoms with E-state index in [-0.39, 0.29) is 12.6 Å². The highest BCUT2D eigenvalue weighted by Gasteiger charge is 2.18. The van der Waals surface area contributed by atoms with Gasteiger partial charge in [-0.05, 0) is 35.7 Å². The second kappa shape index (κ2) is 8.15. The van der Waals surface area contributed by atoms with Gasteiger partial charge in [0, 0.05) is 6.20 Å². The number of rotatable bonds is 5. The summed E-state index contributed by atoms with van der Waals surface area (Å²) in [6, 6.07) is 23.8. The molecule has 0 unspecified atom stereocenters. The molecule has 4 aromatic rings. The van der Waals surface area contributed by atoms with Crippen molar-refractivity contribution >= 4 is 17.3 Å². The maximum Gasteiger partial charge on any atom is 0.350 e. The molecule has 0 fully saturated rings. The van der Waals surface area contributed by atoms with E-state index in [0.29, 0.717) is 10.6 Å². The summed E-state index contributed by atoms with van der Waals surface area (Å²) in [6.45, 7) is 2.04. The van der Waals surface area contributed by atoms with Crippen LogP contribution in [-0.2, 0) is 11.3 Å². The van der Waals surface area contributed by atoms with E-state index < -0.39 is 0 Å². The van der Waals surface area contributed by atoms with Crippen LogP contribution in [0, 0.1) is 6.92 Å². The number of aryl methyl sites for hydroxylation is 1. The lowest BCUT2D eigenvalue weighted by Gasteiger charge is -2.06. The Labute approximate surface area is 167 Å². The highest BCUT2D eigenvalue weighted by Crippen LogP contribution is 2.27. The van der Waals surface area contributed by atoms with Crippen LogP contribution in [0.25, 0.3) is 21.8 Å². The largest absolute Gasteiger partial charge is 0.457 e. The standard InChI is InChI=1S/C23H18N2O2S/c1-16-21(28-22(25-16)20-9-5-6-14-24-20)23(26)27-15-17-10-12-19(13-11-17)18-7-3-2-4-8-18/h2-14H,15H2,1H3. The lowest BCUT2D eigenvalue weighted by molar-refractivity contribution is 0.0477. The Kier molecular flexibility index (Phi) is 5.26. The lowest BCUT2D eigenvalue weighted by atomic mass is 10.0. The summed E-state index contributed by atoms with van der Waals surface area (Å²) in [7, 11) is 0. The number of carbonyl (C=O) groups is 1. The molecule has 0 bridgehead atoms. The number of nitrogens with zero attached hydrogens (tertiary/aromatic N) is 2. The van der Waals surface area contributed by atoms with Crippen molar-refractivity contribution < 1.29 is 9.53 Å². The fraction of sp³-hybridized carbons (Fsp3) is 0.0870. The zero-order valence-corrected chi connectivity index (χ0v) is 16.1. The highest BCUT2D eigenvalue weighted by atomic mass is 32.1. The molecule has 0 aliphatic rings. The monoisotopic (exact) mass is 386 g/mol. The normalized spacial score (nSPS) is 10.6. The molecule has 5 heteroatoms. The van der Waals surface area contributed by atoms with Gasteiger partial charge in [0.25, 0.3) is 0 Å². The maximum atomic E-state index is 12.5. The van der Waals surface area contributed by atoms with Crippen LogP contribution in [0.3, 0.4) is 0 Å². The van der Waals surface area contributed by atoms with Gasteiger partial charge in [-0.15, -0.1) is 11.3 Å². The smallest absolute Gasteiger partial charge is 0.350 e. The summed E-state index contributed by atoms with van der Waals surface area (Å²) in [5.41, 5.74) is 4.66. The van der Waals surface area contributed by atoms with Crippen molar-refractivity contribution in [2.75, 3.05) is 0 Å². The minimum absolute atomic E-state index is 0.226. The van der Waals surface area contributed by atoms with Crippen molar-refractivity contribution in [3.63, 3.8) is 0 Å². The number of hydrogen-bond acceptors (Lipinski definition) is 5. The average Bonchev–Trinajstić information content (AvgIpc) is 3.15. The van der Waals surface area contributed by atoms with Gasteiger partial charge in [0.2, 0.25) is 0 Å². The third-order valence-corrected chi connectivity index (χ3v) is 5.46. The van der Waals surface area contributed by atoms with Crippen LogP contribution >= 0.6 is 11.3 Å². The zero-order valence-electron chi connectivity index (χ0n) is 15.3. The molecule has 0 saturated carbocycles. The van der Waals surface area contributed by atoms with E-state index in [4.69, 9.17) is 4.74 Å². The molecule has 0 radical (unpaired) electrons. The van der Waals surface area contributed by atoms with E-state index >= 15 is 0 Å². The lowest BCUT2D eigenvalue weighted by Crippen LogP contribution is -2.04. The maximum absolute atomic E-state index is 12.5. The predicted molar refractivity (Wildman–Crippen MR) is 111 cm³/mol. The zero-order chi connectivity index (χ0) is 19.3. The van der Waals surface area contributed by atoms with Gasteiger partial charge < -0.3 is 4.74 Å². The first-order valence-corrected chi connectivity index (χ1v) is 9.72. The summed E-state index contributed by atoms with van der Waals surface area (Å²) in [5, 5.41) is 0.720. The summed E-state index contributed by atoms with van der Waals surface area (Å²) in [4.78, 5) is 21.8.